The van der Waals surface area contributed by atoms with Gasteiger partial charge in [-0.1, -0.05) is 42.5 Å². The lowest BCUT2D eigenvalue weighted by Gasteiger charge is -2.20. The molecule has 0 aromatic heterocycles. The van der Waals surface area contributed by atoms with Crippen LogP contribution in [0.3, 0.4) is 0 Å². The van der Waals surface area contributed by atoms with Crippen LogP contribution in [0.25, 0.3) is 10.8 Å². The lowest BCUT2D eigenvalue weighted by molar-refractivity contribution is -0.128. The summed E-state index contributed by atoms with van der Waals surface area (Å²) < 4.78 is 5.90. The second-order valence-corrected chi connectivity index (χ2v) is 7.26. The Labute approximate surface area is 159 Å². The Kier molecular flexibility index (Phi) is 4.58. The molecule has 4 heteroatoms. The average molecular weight is 360 g/mol. The maximum absolute atomic E-state index is 12.8. The van der Waals surface area contributed by atoms with Gasteiger partial charge in [0.25, 0.3) is 5.91 Å². The number of fused-ring (bicyclic) bond motifs is 2. The van der Waals surface area contributed by atoms with E-state index >= 15 is 0 Å². The third-order valence-corrected chi connectivity index (χ3v) is 5.37. The van der Waals surface area contributed by atoms with Crippen molar-refractivity contribution in [2.45, 2.75) is 32.4 Å². The summed E-state index contributed by atoms with van der Waals surface area (Å²) in [5.74, 6) is 0.693. The number of hydrogen-bond donors (Lipinski definition) is 2. The number of nitrogens with two attached hydrogens (primary N) is 1. The highest BCUT2D eigenvalue weighted by Gasteiger charge is 2.30. The Bertz CT molecular complexity index is 981. The summed E-state index contributed by atoms with van der Waals surface area (Å²) in [7, 11) is 0. The van der Waals surface area contributed by atoms with Crippen LogP contribution in [0.2, 0.25) is 0 Å². The molecule has 1 heterocycles. The molecule has 0 bridgehead atoms. The first-order valence-electron chi connectivity index (χ1n) is 9.31. The van der Waals surface area contributed by atoms with Crippen molar-refractivity contribution in [3.63, 3.8) is 0 Å². The van der Waals surface area contributed by atoms with Crippen LogP contribution in [-0.2, 0) is 11.2 Å². The van der Waals surface area contributed by atoms with Gasteiger partial charge in [0.15, 0.2) is 6.10 Å². The summed E-state index contributed by atoms with van der Waals surface area (Å²) in [6.07, 6.45) is 0.0906. The Hall–Kier alpha value is -2.85. The zero-order valence-corrected chi connectivity index (χ0v) is 15.7. The van der Waals surface area contributed by atoms with Crippen molar-refractivity contribution in [3.8, 4) is 5.75 Å². The zero-order valence-electron chi connectivity index (χ0n) is 15.7. The molecule has 0 spiro atoms. The van der Waals surface area contributed by atoms with Gasteiger partial charge in [0.2, 0.25) is 0 Å². The first kappa shape index (κ1) is 17.6. The molecule has 1 aliphatic rings. The van der Waals surface area contributed by atoms with Crippen LogP contribution in [-0.4, -0.2) is 18.6 Å². The Morgan fingerprint density at radius 2 is 1.85 bits per heavy atom. The molecule has 4 nitrogen and oxygen atoms in total. The quantitative estimate of drug-likeness (QED) is 0.747. The summed E-state index contributed by atoms with van der Waals surface area (Å²) in [5, 5.41) is 5.37. The van der Waals surface area contributed by atoms with Gasteiger partial charge in [0, 0.05) is 13.0 Å². The van der Waals surface area contributed by atoms with E-state index in [-0.39, 0.29) is 11.9 Å². The topological polar surface area (TPSA) is 64.3 Å². The third-order valence-electron chi connectivity index (χ3n) is 5.37. The summed E-state index contributed by atoms with van der Waals surface area (Å²) in [5.41, 5.74) is 10.5. The van der Waals surface area contributed by atoms with E-state index in [0.29, 0.717) is 13.0 Å². The van der Waals surface area contributed by atoms with Crippen molar-refractivity contribution < 1.29 is 9.53 Å². The summed E-state index contributed by atoms with van der Waals surface area (Å²) in [6.45, 7) is 4.46. The van der Waals surface area contributed by atoms with Crippen molar-refractivity contribution in [2.75, 3.05) is 6.54 Å². The summed E-state index contributed by atoms with van der Waals surface area (Å²) in [6, 6.07) is 18.2. The molecule has 27 heavy (non-hydrogen) atoms. The second kappa shape index (κ2) is 7.05. The fourth-order valence-corrected chi connectivity index (χ4v) is 3.63. The van der Waals surface area contributed by atoms with Gasteiger partial charge in [0.05, 0.1) is 6.04 Å². The van der Waals surface area contributed by atoms with Gasteiger partial charge in [-0.25, -0.2) is 0 Å². The maximum atomic E-state index is 12.8. The van der Waals surface area contributed by atoms with Crippen molar-refractivity contribution in [2.24, 2.45) is 5.73 Å². The molecule has 2 atom stereocenters. The SMILES string of the molecule is Cc1cc2c(cc1C)OC(C(=O)NC(CN)c1ccc3ccccc3c1)C2. The minimum absolute atomic E-state index is 0.120. The largest absolute Gasteiger partial charge is 0.480 e. The van der Waals surface area contributed by atoms with E-state index in [9.17, 15) is 4.79 Å². The molecule has 0 radical (unpaired) electrons. The molecule has 1 amide bonds. The standard InChI is InChI=1S/C23H24N2O2/c1-14-9-19-12-22(27-21(19)10-15(14)2)23(26)25-20(13-24)18-8-7-16-5-3-4-6-17(16)11-18/h3-11,20,22H,12-13,24H2,1-2H3,(H,25,26). The van der Waals surface area contributed by atoms with E-state index in [0.717, 1.165) is 22.3 Å². The molecule has 3 aromatic carbocycles. The molecule has 3 N–H and O–H groups in total. The number of carbonyl (C=O) groups excluding carboxylic acids is 1. The minimum Gasteiger partial charge on any atom is -0.480 e. The van der Waals surface area contributed by atoms with Crippen molar-refractivity contribution >= 4 is 16.7 Å². The number of benzene rings is 3. The molecule has 0 saturated heterocycles. The van der Waals surface area contributed by atoms with Crippen molar-refractivity contribution in [3.05, 3.63) is 76.9 Å². The van der Waals surface area contributed by atoms with E-state index in [2.05, 4.69) is 49.5 Å². The van der Waals surface area contributed by atoms with Crippen molar-refractivity contribution in [1.29, 1.82) is 0 Å². The Balaban J connectivity index is 1.50. The number of aryl methyl sites for hydroxylation is 2. The van der Waals surface area contributed by atoms with Crippen LogP contribution < -0.4 is 15.8 Å². The third kappa shape index (κ3) is 3.40. The molecule has 2 unspecified atom stereocenters. The van der Waals surface area contributed by atoms with Gasteiger partial charge < -0.3 is 15.8 Å². The first-order valence-corrected chi connectivity index (χ1v) is 9.31. The molecule has 0 saturated carbocycles. The minimum atomic E-state index is -0.504. The second-order valence-electron chi connectivity index (χ2n) is 7.26. The number of hydrogen-bond acceptors (Lipinski definition) is 3. The highest BCUT2D eigenvalue weighted by atomic mass is 16.5. The predicted octanol–water partition coefficient (Wildman–Crippen LogP) is 3.58. The zero-order chi connectivity index (χ0) is 19.0. The predicted molar refractivity (Wildman–Crippen MR) is 108 cm³/mol. The monoisotopic (exact) mass is 360 g/mol. The van der Waals surface area contributed by atoms with Crippen LogP contribution in [0, 0.1) is 13.8 Å². The lowest BCUT2D eigenvalue weighted by Crippen LogP contribution is -2.41. The van der Waals surface area contributed by atoms with E-state index in [1.807, 2.05) is 24.3 Å². The number of rotatable bonds is 4. The summed E-state index contributed by atoms with van der Waals surface area (Å²) >= 11 is 0. The van der Waals surface area contributed by atoms with Gasteiger partial charge in [-0.05, 0) is 59.0 Å². The van der Waals surface area contributed by atoms with Crippen molar-refractivity contribution in [1.82, 2.24) is 5.32 Å². The molecule has 3 aromatic rings. The summed E-state index contributed by atoms with van der Waals surface area (Å²) in [4.78, 5) is 12.8. The smallest absolute Gasteiger partial charge is 0.261 e. The molecular weight excluding hydrogens is 336 g/mol. The lowest BCUT2D eigenvalue weighted by atomic mass is 10.0. The Morgan fingerprint density at radius 1 is 1.11 bits per heavy atom. The fourth-order valence-electron chi connectivity index (χ4n) is 3.63. The number of amides is 1. The Morgan fingerprint density at radius 3 is 2.63 bits per heavy atom. The van der Waals surface area contributed by atoms with Gasteiger partial charge >= 0.3 is 0 Å². The average Bonchev–Trinajstić information content (AvgIpc) is 3.08. The van der Waals surface area contributed by atoms with Gasteiger partial charge in [-0.15, -0.1) is 0 Å². The molecule has 0 fully saturated rings. The van der Waals surface area contributed by atoms with Gasteiger partial charge in [-0.2, -0.15) is 0 Å². The van der Waals surface area contributed by atoms with Gasteiger partial charge in [-0.3, -0.25) is 4.79 Å². The van der Waals surface area contributed by atoms with Crippen LogP contribution in [0.15, 0.2) is 54.6 Å². The molecule has 4 rings (SSSR count). The molecule has 138 valence electrons. The van der Waals surface area contributed by atoms with E-state index in [1.54, 1.807) is 0 Å². The highest BCUT2D eigenvalue weighted by Crippen LogP contribution is 2.32. The maximum Gasteiger partial charge on any atom is 0.261 e. The first-order chi connectivity index (χ1) is 13.0. The van der Waals surface area contributed by atoms with Gasteiger partial charge in [0.1, 0.15) is 5.75 Å². The fraction of sp³-hybridized carbons (Fsp3) is 0.261. The normalized spacial score (nSPS) is 16.6. The highest BCUT2D eigenvalue weighted by molar-refractivity contribution is 5.85. The van der Waals surface area contributed by atoms with Crippen LogP contribution in [0.1, 0.15) is 28.3 Å². The van der Waals surface area contributed by atoms with Crippen LogP contribution >= 0.6 is 0 Å². The van der Waals surface area contributed by atoms with Crippen LogP contribution in [0.4, 0.5) is 0 Å². The number of nitrogens with one attached hydrogen (secondary N) is 1. The molecule has 0 aliphatic carbocycles. The number of ether oxygens (including phenoxy) is 1. The molecular formula is C23H24N2O2. The molecule has 1 aliphatic heterocycles. The van der Waals surface area contributed by atoms with E-state index in [1.165, 1.54) is 16.5 Å². The van der Waals surface area contributed by atoms with E-state index < -0.39 is 6.10 Å². The van der Waals surface area contributed by atoms with Crippen LogP contribution in [0.5, 0.6) is 5.75 Å². The number of carbonyl (C=O) groups is 1. The van der Waals surface area contributed by atoms with E-state index in [4.69, 9.17) is 10.5 Å².